The molecule has 0 aliphatic carbocycles. The number of benzene rings is 18. The molecule has 1 N–H and O–H groups in total. The van der Waals surface area contributed by atoms with Gasteiger partial charge in [-0.3, -0.25) is 5.32 Å². The Kier molecular flexibility index (Phi) is 26.4. The SMILES string of the molecule is Cc1ccc(-c2ccc(Oc3nc(Oc4ccc(-c5ccccc5)cc4)nc(Oc4ccc(-c5ccc(OC6N=C(Cc7ccc(-c8ccc(Oc9nc(Oc%10ccc(-c%11ccccc%11)cc%10)nc(Oc%10ccc(-c%11ccccc%11)cc%10)n9)cc8)cc7)N=C(Oc7ccc(-c8ccc(Oc9nc(Oc%10ccc(-c%11ccccc%11)cc%10)nc(Oc%10ccc(-c%11ccccc%11)cc%10)n9)cc8)cc7)N6)cc5)cc4)n3)cc2)cc1. The summed E-state index contributed by atoms with van der Waals surface area (Å²) in [6, 6.07) is 151. The highest BCUT2D eigenvalue weighted by Gasteiger charge is 2.25. The summed E-state index contributed by atoms with van der Waals surface area (Å²) in [5.74, 6) is 5.89. The predicted octanol–water partition coefficient (Wildman–Crippen LogP) is 30.0. The molecule has 0 amide bonds. The van der Waals surface area contributed by atoms with Crippen LogP contribution in [0.3, 0.4) is 0 Å². The van der Waals surface area contributed by atoms with Crippen LogP contribution in [0.2, 0.25) is 0 Å². The van der Waals surface area contributed by atoms with E-state index in [-0.39, 0.29) is 60.1 Å². The van der Waals surface area contributed by atoms with Crippen LogP contribution >= 0.6 is 0 Å². The maximum Gasteiger partial charge on any atom is 0.331 e. The standard InChI is InChI=1S/C122H84N12O11/c1-80-27-31-87(32-28-80)94-45-71-107(72-46-94)142-119-128-118(141-106-65-43-93(44-66-106)86-25-15-6-16-26-86)133-122(134-119)145-110-77-55-99(56-78-110)97-51-69-101(70-52-97)136-113-124-111(79-81-29-33-88(34-30-81)95-47-73-108(74-48-95)143-120-129-114(137-102-57-35-89(36-58-102)82-17-7-2-8-18-82)126-115(130-120)138-103-59-37-90(38-60-103)83-19-9-3-10-20-83)123-112(125-113)135-100-67-49-96(50-68-100)98-53-75-109(76-54-98)144-121-131-116(139-104-61-39-91(40-62-104)84-21-11-4-12-22-84)127-117(132-121)140-105-63-41-92(42-64-105)85-23-13-5-14-24-85/h2-78,113H,79H2,1H3,(H,123,124,125). The Bertz CT molecular complexity index is 7870. The topological polar surface area (TPSA) is 254 Å². The number of rotatable bonds is 32. The minimum Gasteiger partial charge on any atom is -0.450 e. The van der Waals surface area contributed by atoms with E-state index in [1.54, 1.807) is 0 Å². The molecule has 23 nitrogen and oxygen atoms in total. The molecular weight excluding hydrogens is 1810 g/mol. The van der Waals surface area contributed by atoms with E-state index in [2.05, 4.69) is 142 Å². The molecule has 0 spiro atoms. The van der Waals surface area contributed by atoms with E-state index in [4.69, 9.17) is 62.1 Å². The first-order chi connectivity index (χ1) is 71.5. The van der Waals surface area contributed by atoms with Crippen LogP contribution in [-0.4, -0.2) is 63.1 Å². The molecule has 0 saturated heterocycles. The Morgan fingerprint density at radius 3 is 0.545 bits per heavy atom. The van der Waals surface area contributed by atoms with E-state index < -0.39 is 6.35 Å². The van der Waals surface area contributed by atoms with Gasteiger partial charge in [-0.05, 0) is 246 Å². The number of ether oxygens (including phenoxy) is 11. The summed E-state index contributed by atoms with van der Waals surface area (Å²) in [7, 11) is 0. The molecule has 698 valence electrons. The first-order valence-electron chi connectivity index (χ1n) is 46.7. The van der Waals surface area contributed by atoms with Crippen molar-refractivity contribution in [2.75, 3.05) is 0 Å². The van der Waals surface area contributed by atoms with Crippen LogP contribution in [0.25, 0.3) is 100 Å². The van der Waals surface area contributed by atoms with Crippen molar-refractivity contribution in [3.05, 3.63) is 478 Å². The summed E-state index contributed by atoms with van der Waals surface area (Å²) in [5, 5.41) is 3.29. The molecule has 1 unspecified atom stereocenters. The van der Waals surface area contributed by atoms with E-state index in [0.717, 1.165) is 106 Å². The van der Waals surface area contributed by atoms with Crippen molar-refractivity contribution in [2.45, 2.75) is 19.7 Å². The fourth-order valence-corrected chi connectivity index (χ4v) is 16.0. The van der Waals surface area contributed by atoms with Gasteiger partial charge in [-0.15, -0.1) is 44.9 Å². The normalized spacial score (nSPS) is 12.0. The van der Waals surface area contributed by atoms with Crippen molar-refractivity contribution in [2.24, 2.45) is 9.98 Å². The summed E-state index contributed by atoms with van der Waals surface area (Å²) < 4.78 is 69.9. The summed E-state index contributed by atoms with van der Waals surface area (Å²) in [6.45, 7) is 2.07. The van der Waals surface area contributed by atoms with Crippen LogP contribution in [0.1, 0.15) is 11.1 Å². The monoisotopic (exact) mass is 1890 g/mol. The molecule has 1 aliphatic heterocycles. The number of amidine groups is 2. The highest BCUT2D eigenvalue weighted by Crippen LogP contribution is 2.39. The van der Waals surface area contributed by atoms with Gasteiger partial charge in [0.05, 0.1) is 0 Å². The molecule has 0 bridgehead atoms. The molecule has 3 aromatic heterocycles. The Labute approximate surface area is 834 Å². The Morgan fingerprint density at radius 1 is 0.179 bits per heavy atom. The smallest absolute Gasteiger partial charge is 0.331 e. The third-order valence-corrected chi connectivity index (χ3v) is 23.4. The fraction of sp³-hybridized carbons (Fsp3) is 0.0246. The maximum atomic E-state index is 6.66. The van der Waals surface area contributed by atoms with Crippen LogP contribution in [0.15, 0.2) is 477 Å². The molecule has 145 heavy (non-hydrogen) atoms. The van der Waals surface area contributed by atoms with Gasteiger partial charge < -0.3 is 52.1 Å². The van der Waals surface area contributed by atoms with Crippen molar-refractivity contribution in [1.82, 2.24) is 50.2 Å². The number of aryl methyl sites for hydroxylation is 1. The third kappa shape index (κ3) is 23.2. The minimum atomic E-state index is -0.973. The average Bonchev–Trinajstić information content (AvgIpc) is 0.820. The summed E-state index contributed by atoms with van der Waals surface area (Å²) in [5.41, 5.74) is 20.2. The van der Waals surface area contributed by atoms with Gasteiger partial charge in [0.1, 0.15) is 69.1 Å². The molecular formula is C122H84N12O11. The second kappa shape index (κ2) is 42.5. The fourth-order valence-electron chi connectivity index (χ4n) is 16.0. The Balaban J connectivity index is 0.495. The van der Waals surface area contributed by atoms with Gasteiger partial charge in [0.25, 0.3) is 6.35 Å². The van der Waals surface area contributed by atoms with Crippen LogP contribution in [0.5, 0.6) is 117 Å². The maximum absolute atomic E-state index is 6.66. The molecule has 0 fully saturated rings. The van der Waals surface area contributed by atoms with E-state index in [1.807, 2.05) is 382 Å². The minimum absolute atomic E-state index is 0.0224. The first-order valence-corrected chi connectivity index (χ1v) is 46.7. The highest BCUT2D eigenvalue weighted by molar-refractivity contribution is 5.97. The number of hydrogen-bond acceptors (Lipinski definition) is 23. The molecule has 1 atom stereocenters. The number of nitrogens with one attached hydrogen (secondary N) is 1. The lowest BCUT2D eigenvalue weighted by atomic mass is 10.0. The van der Waals surface area contributed by atoms with Crippen LogP contribution < -0.4 is 57.4 Å². The number of hydrogen-bond donors (Lipinski definition) is 1. The van der Waals surface area contributed by atoms with Crippen LogP contribution in [-0.2, 0) is 6.42 Å². The molecule has 23 heteroatoms. The number of aromatic nitrogens is 9. The predicted molar refractivity (Wildman–Crippen MR) is 559 cm³/mol. The van der Waals surface area contributed by atoms with Gasteiger partial charge in [0.15, 0.2) is 0 Å². The van der Waals surface area contributed by atoms with E-state index >= 15 is 0 Å². The highest BCUT2D eigenvalue weighted by atomic mass is 16.6. The molecule has 18 aromatic carbocycles. The average molecular weight is 1890 g/mol. The Morgan fingerprint density at radius 2 is 0.345 bits per heavy atom. The third-order valence-electron chi connectivity index (χ3n) is 23.4. The summed E-state index contributed by atoms with van der Waals surface area (Å²) in [4.78, 5) is 51.2. The molecule has 0 radical (unpaired) electrons. The van der Waals surface area contributed by atoms with Gasteiger partial charge in [-0.25, -0.2) is 4.99 Å². The van der Waals surface area contributed by atoms with Gasteiger partial charge >= 0.3 is 60.1 Å². The lowest BCUT2D eigenvalue weighted by Gasteiger charge is -2.23. The first kappa shape index (κ1) is 90.1. The van der Waals surface area contributed by atoms with Crippen LogP contribution in [0, 0.1) is 6.92 Å². The van der Waals surface area contributed by atoms with Crippen molar-refractivity contribution in [3.63, 3.8) is 0 Å². The van der Waals surface area contributed by atoms with E-state index in [9.17, 15) is 0 Å². The van der Waals surface area contributed by atoms with E-state index in [1.165, 1.54) is 5.56 Å². The lowest BCUT2D eigenvalue weighted by molar-refractivity contribution is 0.187. The Hall–Kier alpha value is -20.1. The molecule has 21 aromatic rings. The van der Waals surface area contributed by atoms with Gasteiger partial charge in [0.2, 0.25) is 0 Å². The molecule has 4 heterocycles. The number of aliphatic imine (C=N–C) groups is 2. The molecule has 0 saturated carbocycles. The van der Waals surface area contributed by atoms with Crippen molar-refractivity contribution >= 4 is 11.9 Å². The second-order valence-corrected chi connectivity index (χ2v) is 33.5. The summed E-state index contributed by atoms with van der Waals surface area (Å²) in [6.07, 6.45) is -0.658. The zero-order valence-electron chi connectivity index (χ0n) is 77.7. The largest absolute Gasteiger partial charge is 0.450 e. The number of nitrogens with zero attached hydrogens (tertiary/aromatic N) is 11. The lowest BCUT2D eigenvalue weighted by Crippen LogP contribution is -2.44. The van der Waals surface area contributed by atoms with Gasteiger partial charge in [0, 0.05) is 6.42 Å². The van der Waals surface area contributed by atoms with Crippen LogP contribution in [0.4, 0.5) is 0 Å². The van der Waals surface area contributed by atoms with Crippen molar-refractivity contribution in [1.29, 1.82) is 0 Å². The van der Waals surface area contributed by atoms with Gasteiger partial charge in [-0.2, -0.15) is 4.99 Å². The molecule has 1 aliphatic rings. The quantitative estimate of drug-likeness (QED) is 0.0411. The zero-order chi connectivity index (χ0) is 97.2. The van der Waals surface area contributed by atoms with Crippen molar-refractivity contribution in [3.8, 4) is 217 Å². The summed E-state index contributed by atoms with van der Waals surface area (Å²) >= 11 is 0. The molecule has 22 rings (SSSR count). The zero-order valence-corrected chi connectivity index (χ0v) is 77.7. The van der Waals surface area contributed by atoms with Gasteiger partial charge in [-0.1, -0.05) is 339 Å². The second-order valence-electron chi connectivity index (χ2n) is 33.5. The van der Waals surface area contributed by atoms with Crippen molar-refractivity contribution < 1.29 is 52.1 Å². The van der Waals surface area contributed by atoms with E-state index in [0.29, 0.717) is 75.5 Å².